The van der Waals surface area contributed by atoms with Crippen molar-refractivity contribution in [3.63, 3.8) is 0 Å². The van der Waals surface area contributed by atoms with Gasteiger partial charge >= 0.3 is 6.18 Å². The van der Waals surface area contributed by atoms with Crippen molar-refractivity contribution in [1.82, 2.24) is 20.0 Å². The normalized spacial score (nSPS) is 18.2. The smallest absolute Gasteiger partial charge is 0.370 e. The molecule has 1 aliphatic heterocycles. The van der Waals surface area contributed by atoms with Crippen molar-refractivity contribution >= 4 is 5.96 Å². The highest BCUT2D eigenvalue weighted by atomic mass is 19.4. The van der Waals surface area contributed by atoms with E-state index in [1.54, 1.807) is 17.8 Å². The maximum Gasteiger partial charge on any atom is 0.416 e. The Morgan fingerprint density at radius 3 is 2.90 bits per heavy atom. The standard InChI is InChI=1S/C20H26F3N5O/c1-24-19(25-8-4-5-15-12-26-27(2)13-15)28-9-10-29-18(14-28)16-6-3-7-17(11-16)20(21,22)23/h3,6-7,11-13,18H,4-5,8-10,14H2,1-2H3,(H,24,25). The molecule has 0 saturated carbocycles. The topological polar surface area (TPSA) is 54.7 Å². The molecule has 0 spiro atoms. The number of hydrogen-bond donors (Lipinski definition) is 1. The zero-order valence-corrected chi connectivity index (χ0v) is 16.6. The van der Waals surface area contributed by atoms with Crippen LogP contribution in [0.25, 0.3) is 0 Å². The second kappa shape index (κ2) is 9.30. The molecule has 3 rings (SSSR count). The third kappa shape index (κ3) is 5.72. The number of ether oxygens (including phenoxy) is 1. The molecule has 0 aliphatic carbocycles. The Hall–Kier alpha value is -2.55. The van der Waals surface area contributed by atoms with Gasteiger partial charge in [0.25, 0.3) is 0 Å². The van der Waals surface area contributed by atoms with Gasteiger partial charge in [0, 0.05) is 33.4 Å². The number of benzene rings is 1. The Labute approximate surface area is 168 Å². The van der Waals surface area contributed by atoms with Crippen LogP contribution < -0.4 is 5.32 Å². The van der Waals surface area contributed by atoms with Crippen molar-refractivity contribution in [2.24, 2.45) is 12.0 Å². The summed E-state index contributed by atoms with van der Waals surface area (Å²) in [4.78, 5) is 6.35. The predicted octanol–water partition coefficient (Wildman–Crippen LogP) is 3.02. The fraction of sp³-hybridized carbons (Fsp3) is 0.500. The van der Waals surface area contributed by atoms with Crippen molar-refractivity contribution < 1.29 is 17.9 Å². The first-order valence-corrected chi connectivity index (χ1v) is 9.58. The van der Waals surface area contributed by atoms with E-state index in [0.717, 1.165) is 37.5 Å². The summed E-state index contributed by atoms with van der Waals surface area (Å²) in [6, 6.07) is 5.34. The molecule has 2 heterocycles. The lowest BCUT2D eigenvalue weighted by molar-refractivity contribution is -0.137. The molecule has 9 heteroatoms. The van der Waals surface area contributed by atoms with Gasteiger partial charge in [-0.15, -0.1) is 0 Å². The van der Waals surface area contributed by atoms with Crippen LogP contribution in [0.2, 0.25) is 0 Å². The molecular weight excluding hydrogens is 383 g/mol. The molecule has 6 nitrogen and oxygen atoms in total. The van der Waals surface area contributed by atoms with E-state index in [1.807, 2.05) is 24.3 Å². The van der Waals surface area contributed by atoms with Gasteiger partial charge in [-0.3, -0.25) is 9.67 Å². The minimum atomic E-state index is -4.36. The molecule has 0 radical (unpaired) electrons. The highest BCUT2D eigenvalue weighted by Crippen LogP contribution is 2.32. The number of rotatable bonds is 5. The molecule has 1 aromatic heterocycles. The number of morpholine rings is 1. The van der Waals surface area contributed by atoms with Crippen molar-refractivity contribution in [2.75, 3.05) is 33.3 Å². The van der Waals surface area contributed by atoms with Gasteiger partial charge in [-0.25, -0.2) is 0 Å². The van der Waals surface area contributed by atoms with Gasteiger partial charge in [-0.05, 0) is 36.1 Å². The van der Waals surface area contributed by atoms with Crippen molar-refractivity contribution in [2.45, 2.75) is 25.1 Å². The van der Waals surface area contributed by atoms with Crippen LogP contribution in [-0.2, 0) is 24.4 Å². The first-order chi connectivity index (χ1) is 13.9. The summed E-state index contributed by atoms with van der Waals surface area (Å²) >= 11 is 0. The average molecular weight is 409 g/mol. The van der Waals surface area contributed by atoms with E-state index in [0.29, 0.717) is 25.3 Å². The second-order valence-corrected chi connectivity index (χ2v) is 7.03. The van der Waals surface area contributed by atoms with Crippen LogP contribution in [0.4, 0.5) is 13.2 Å². The van der Waals surface area contributed by atoms with E-state index in [1.165, 1.54) is 11.6 Å². The lowest BCUT2D eigenvalue weighted by Gasteiger charge is -2.35. The van der Waals surface area contributed by atoms with E-state index in [4.69, 9.17) is 4.74 Å². The lowest BCUT2D eigenvalue weighted by atomic mass is 10.0. The van der Waals surface area contributed by atoms with Crippen LogP contribution in [0.3, 0.4) is 0 Å². The molecule has 29 heavy (non-hydrogen) atoms. The monoisotopic (exact) mass is 409 g/mol. The molecule has 1 aliphatic rings. The Bertz CT molecular complexity index is 834. The minimum absolute atomic E-state index is 0.428. The van der Waals surface area contributed by atoms with Gasteiger partial charge in [-0.2, -0.15) is 18.3 Å². The van der Waals surface area contributed by atoms with Gasteiger partial charge < -0.3 is 15.0 Å². The summed E-state index contributed by atoms with van der Waals surface area (Å²) in [5, 5.41) is 7.50. The maximum atomic E-state index is 13.0. The molecular formula is C20H26F3N5O. The fourth-order valence-corrected chi connectivity index (χ4v) is 3.38. The number of hydrogen-bond acceptors (Lipinski definition) is 3. The third-order valence-electron chi connectivity index (χ3n) is 4.85. The van der Waals surface area contributed by atoms with Crippen LogP contribution in [0.5, 0.6) is 0 Å². The number of aromatic nitrogens is 2. The molecule has 1 saturated heterocycles. The van der Waals surface area contributed by atoms with E-state index >= 15 is 0 Å². The fourth-order valence-electron chi connectivity index (χ4n) is 3.38. The zero-order chi connectivity index (χ0) is 20.9. The van der Waals surface area contributed by atoms with Crippen molar-refractivity contribution in [3.05, 3.63) is 53.3 Å². The SMILES string of the molecule is CN=C(NCCCc1cnn(C)c1)N1CCOC(c2cccc(C(F)(F)F)c2)C1. The van der Waals surface area contributed by atoms with Gasteiger partial charge in [0.15, 0.2) is 5.96 Å². The summed E-state index contributed by atoms with van der Waals surface area (Å²) in [6.45, 7) is 2.26. The molecule has 1 N–H and O–H groups in total. The summed E-state index contributed by atoms with van der Waals surface area (Å²) in [5.41, 5.74) is 1.05. The highest BCUT2D eigenvalue weighted by Gasteiger charge is 2.32. The Morgan fingerprint density at radius 1 is 1.38 bits per heavy atom. The first-order valence-electron chi connectivity index (χ1n) is 9.58. The largest absolute Gasteiger partial charge is 0.416 e. The molecule has 1 unspecified atom stereocenters. The van der Waals surface area contributed by atoms with Crippen LogP contribution in [0.1, 0.15) is 29.2 Å². The van der Waals surface area contributed by atoms with Gasteiger partial charge in [-0.1, -0.05) is 12.1 Å². The Balaban J connectivity index is 1.56. The van der Waals surface area contributed by atoms with Crippen LogP contribution in [0.15, 0.2) is 41.7 Å². The number of alkyl halides is 3. The van der Waals surface area contributed by atoms with Crippen LogP contribution >= 0.6 is 0 Å². The van der Waals surface area contributed by atoms with E-state index in [9.17, 15) is 13.2 Å². The van der Waals surface area contributed by atoms with Crippen LogP contribution in [-0.4, -0.2) is 53.9 Å². The number of aryl methyl sites for hydroxylation is 2. The number of nitrogens with one attached hydrogen (secondary N) is 1. The van der Waals surface area contributed by atoms with Gasteiger partial charge in [0.05, 0.1) is 24.9 Å². The Kier molecular flexibility index (Phi) is 6.79. The summed E-state index contributed by atoms with van der Waals surface area (Å²) in [5.74, 6) is 0.733. The minimum Gasteiger partial charge on any atom is -0.370 e. The summed E-state index contributed by atoms with van der Waals surface area (Å²) in [6.07, 6.45) is 0.892. The molecule has 0 bridgehead atoms. The van der Waals surface area contributed by atoms with E-state index < -0.39 is 17.8 Å². The third-order valence-corrected chi connectivity index (χ3v) is 4.85. The van der Waals surface area contributed by atoms with Crippen LogP contribution in [0, 0.1) is 0 Å². The van der Waals surface area contributed by atoms with Gasteiger partial charge in [0.1, 0.15) is 6.10 Å². The second-order valence-electron chi connectivity index (χ2n) is 7.03. The average Bonchev–Trinajstić information content (AvgIpc) is 3.13. The summed E-state index contributed by atoms with van der Waals surface area (Å²) < 4.78 is 46.5. The maximum absolute atomic E-state index is 13.0. The summed E-state index contributed by atoms with van der Waals surface area (Å²) in [7, 11) is 3.60. The van der Waals surface area contributed by atoms with E-state index in [-0.39, 0.29) is 0 Å². The van der Waals surface area contributed by atoms with Crippen molar-refractivity contribution in [1.29, 1.82) is 0 Å². The Morgan fingerprint density at radius 2 is 2.21 bits per heavy atom. The number of guanidine groups is 1. The number of nitrogens with zero attached hydrogens (tertiary/aromatic N) is 4. The quantitative estimate of drug-likeness (QED) is 0.469. The number of aliphatic imine (C=N–C) groups is 1. The highest BCUT2D eigenvalue weighted by molar-refractivity contribution is 5.80. The van der Waals surface area contributed by atoms with Crippen molar-refractivity contribution in [3.8, 4) is 0 Å². The number of halogens is 3. The molecule has 1 aromatic carbocycles. The first kappa shape index (κ1) is 21.2. The molecule has 1 fully saturated rings. The lowest BCUT2D eigenvalue weighted by Crippen LogP contribution is -2.48. The molecule has 158 valence electrons. The van der Waals surface area contributed by atoms with E-state index in [2.05, 4.69) is 15.4 Å². The van der Waals surface area contributed by atoms with Gasteiger partial charge in [0.2, 0.25) is 0 Å². The molecule has 1 atom stereocenters. The molecule has 2 aromatic rings. The predicted molar refractivity (Wildman–Crippen MR) is 105 cm³/mol. The zero-order valence-electron chi connectivity index (χ0n) is 16.6. The molecule has 0 amide bonds.